The number of rotatable bonds is 4. The Kier molecular flexibility index (Phi) is 5.32. The standard InChI is InChI=1S/C17H23N3O4/c1-23-15-4-2-3-14(11-15)20-6-5-19(13-17(20)22)16(21)12-18-7-9-24-10-8-18/h2-4,11H,5-10,12-13H2,1H3. The predicted molar refractivity (Wildman–Crippen MR) is 89.2 cm³/mol. The second-order valence-corrected chi connectivity index (χ2v) is 5.95. The van der Waals surface area contributed by atoms with Crippen LogP contribution in [0.1, 0.15) is 0 Å². The molecule has 0 N–H and O–H groups in total. The van der Waals surface area contributed by atoms with E-state index in [9.17, 15) is 9.59 Å². The van der Waals surface area contributed by atoms with Gasteiger partial charge in [0.05, 0.1) is 26.9 Å². The Balaban J connectivity index is 1.58. The molecule has 7 heteroatoms. The molecular formula is C17H23N3O4. The highest BCUT2D eigenvalue weighted by Gasteiger charge is 2.29. The number of piperazine rings is 1. The molecule has 130 valence electrons. The molecule has 2 fully saturated rings. The van der Waals surface area contributed by atoms with Crippen molar-refractivity contribution in [2.24, 2.45) is 0 Å². The minimum Gasteiger partial charge on any atom is -0.497 e. The molecule has 3 rings (SSSR count). The van der Waals surface area contributed by atoms with Crippen molar-refractivity contribution in [2.45, 2.75) is 0 Å². The fourth-order valence-corrected chi connectivity index (χ4v) is 2.99. The van der Waals surface area contributed by atoms with Crippen LogP contribution in [0.2, 0.25) is 0 Å². The fourth-order valence-electron chi connectivity index (χ4n) is 2.99. The highest BCUT2D eigenvalue weighted by atomic mass is 16.5. The van der Waals surface area contributed by atoms with Gasteiger partial charge in [-0.2, -0.15) is 0 Å². The van der Waals surface area contributed by atoms with Crippen molar-refractivity contribution in [1.82, 2.24) is 9.80 Å². The number of nitrogens with zero attached hydrogens (tertiary/aromatic N) is 3. The van der Waals surface area contributed by atoms with Crippen molar-refractivity contribution < 1.29 is 19.1 Å². The van der Waals surface area contributed by atoms with Gasteiger partial charge < -0.3 is 19.3 Å². The number of methoxy groups -OCH3 is 1. The van der Waals surface area contributed by atoms with Gasteiger partial charge in [0.1, 0.15) is 12.3 Å². The fraction of sp³-hybridized carbons (Fsp3) is 0.529. The van der Waals surface area contributed by atoms with Gasteiger partial charge in [0.25, 0.3) is 0 Å². The third kappa shape index (κ3) is 3.85. The van der Waals surface area contributed by atoms with Crippen LogP contribution in [0.5, 0.6) is 5.75 Å². The zero-order valence-electron chi connectivity index (χ0n) is 13.9. The molecule has 2 aliphatic heterocycles. The Morgan fingerprint density at radius 1 is 1.21 bits per heavy atom. The third-order valence-electron chi connectivity index (χ3n) is 4.40. The van der Waals surface area contributed by atoms with E-state index in [1.54, 1.807) is 16.9 Å². The Bertz CT molecular complexity index is 601. The molecule has 0 saturated carbocycles. The molecule has 0 spiro atoms. The largest absolute Gasteiger partial charge is 0.497 e. The van der Waals surface area contributed by atoms with E-state index in [0.717, 1.165) is 18.8 Å². The molecule has 1 aromatic rings. The van der Waals surface area contributed by atoms with Gasteiger partial charge in [-0.15, -0.1) is 0 Å². The number of hydrogen-bond donors (Lipinski definition) is 0. The molecule has 2 aliphatic rings. The summed E-state index contributed by atoms with van der Waals surface area (Å²) in [5, 5.41) is 0. The summed E-state index contributed by atoms with van der Waals surface area (Å²) >= 11 is 0. The van der Waals surface area contributed by atoms with E-state index in [4.69, 9.17) is 9.47 Å². The van der Waals surface area contributed by atoms with Crippen LogP contribution in [0, 0.1) is 0 Å². The summed E-state index contributed by atoms with van der Waals surface area (Å²) in [6.07, 6.45) is 0. The molecule has 7 nitrogen and oxygen atoms in total. The van der Waals surface area contributed by atoms with Gasteiger partial charge in [-0.3, -0.25) is 14.5 Å². The lowest BCUT2D eigenvalue weighted by Crippen LogP contribution is -2.55. The van der Waals surface area contributed by atoms with Crippen molar-refractivity contribution in [3.63, 3.8) is 0 Å². The molecule has 0 atom stereocenters. The topological polar surface area (TPSA) is 62.3 Å². The van der Waals surface area contributed by atoms with Crippen LogP contribution in [0.25, 0.3) is 0 Å². The molecule has 2 heterocycles. The summed E-state index contributed by atoms with van der Waals surface area (Å²) in [6, 6.07) is 7.42. The minimum absolute atomic E-state index is 0.00976. The summed E-state index contributed by atoms with van der Waals surface area (Å²) in [6.45, 7) is 4.39. The lowest BCUT2D eigenvalue weighted by molar-refractivity contribution is -0.138. The molecule has 0 aliphatic carbocycles. The van der Waals surface area contributed by atoms with Crippen LogP contribution in [0.3, 0.4) is 0 Å². The maximum absolute atomic E-state index is 12.5. The van der Waals surface area contributed by atoms with E-state index in [0.29, 0.717) is 38.6 Å². The normalized spacial score (nSPS) is 19.5. The van der Waals surface area contributed by atoms with E-state index in [2.05, 4.69) is 4.90 Å². The lowest BCUT2D eigenvalue weighted by atomic mass is 10.2. The first-order valence-corrected chi connectivity index (χ1v) is 8.19. The van der Waals surface area contributed by atoms with Crippen molar-refractivity contribution in [3.8, 4) is 5.75 Å². The van der Waals surface area contributed by atoms with Crippen molar-refractivity contribution in [2.75, 3.05) is 64.5 Å². The lowest BCUT2D eigenvalue weighted by Gasteiger charge is -2.36. The maximum atomic E-state index is 12.5. The molecule has 0 unspecified atom stereocenters. The Labute approximate surface area is 141 Å². The van der Waals surface area contributed by atoms with Crippen LogP contribution in [0.15, 0.2) is 24.3 Å². The monoisotopic (exact) mass is 333 g/mol. The van der Waals surface area contributed by atoms with Gasteiger partial charge in [0, 0.05) is 37.9 Å². The minimum atomic E-state index is -0.0650. The van der Waals surface area contributed by atoms with E-state index in [1.807, 2.05) is 24.3 Å². The number of hydrogen-bond acceptors (Lipinski definition) is 5. The first-order chi connectivity index (χ1) is 11.7. The third-order valence-corrected chi connectivity index (χ3v) is 4.40. The SMILES string of the molecule is COc1cccc(N2CCN(C(=O)CN3CCOCC3)CC2=O)c1. The Hall–Kier alpha value is -2.12. The average Bonchev–Trinajstić information content (AvgIpc) is 2.62. The first-order valence-electron chi connectivity index (χ1n) is 8.19. The Morgan fingerprint density at radius 2 is 2.00 bits per heavy atom. The summed E-state index contributed by atoms with van der Waals surface area (Å²) < 4.78 is 10.5. The van der Waals surface area contributed by atoms with Crippen molar-refractivity contribution >= 4 is 17.5 Å². The van der Waals surface area contributed by atoms with Crippen LogP contribution >= 0.6 is 0 Å². The number of benzene rings is 1. The summed E-state index contributed by atoms with van der Waals surface area (Å²) in [4.78, 5) is 30.3. The Morgan fingerprint density at radius 3 is 2.71 bits per heavy atom. The predicted octanol–water partition coefficient (Wildman–Crippen LogP) is 0.203. The van der Waals surface area contributed by atoms with Crippen molar-refractivity contribution in [1.29, 1.82) is 0 Å². The molecule has 2 amide bonds. The highest BCUT2D eigenvalue weighted by Crippen LogP contribution is 2.22. The molecule has 2 saturated heterocycles. The van der Waals surface area contributed by atoms with Gasteiger partial charge in [-0.05, 0) is 12.1 Å². The summed E-state index contributed by atoms with van der Waals surface area (Å²) in [7, 11) is 1.60. The molecular weight excluding hydrogens is 310 g/mol. The first kappa shape index (κ1) is 16.7. The molecule has 0 radical (unpaired) electrons. The van der Waals surface area contributed by atoms with Crippen LogP contribution in [-0.2, 0) is 14.3 Å². The van der Waals surface area contributed by atoms with E-state index >= 15 is 0 Å². The number of carbonyl (C=O) groups is 2. The second-order valence-electron chi connectivity index (χ2n) is 5.95. The van der Waals surface area contributed by atoms with Gasteiger partial charge in [-0.25, -0.2) is 0 Å². The number of anilines is 1. The number of amides is 2. The maximum Gasteiger partial charge on any atom is 0.246 e. The summed E-state index contributed by atoms with van der Waals surface area (Å²) in [5.41, 5.74) is 0.805. The van der Waals surface area contributed by atoms with E-state index in [-0.39, 0.29) is 18.4 Å². The summed E-state index contributed by atoms with van der Waals surface area (Å²) in [5.74, 6) is 0.659. The molecule has 0 aromatic heterocycles. The number of ether oxygens (including phenoxy) is 2. The molecule has 1 aromatic carbocycles. The van der Waals surface area contributed by atoms with E-state index in [1.165, 1.54) is 0 Å². The van der Waals surface area contributed by atoms with Gasteiger partial charge in [-0.1, -0.05) is 6.07 Å². The van der Waals surface area contributed by atoms with Crippen LogP contribution < -0.4 is 9.64 Å². The smallest absolute Gasteiger partial charge is 0.246 e. The van der Waals surface area contributed by atoms with E-state index < -0.39 is 0 Å². The van der Waals surface area contributed by atoms with Gasteiger partial charge in [0.2, 0.25) is 11.8 Å². The molecule has 0 bridgehead atoms. The van der Waals surface area contributed by atoms with Crippen molar-refractivity contribution in [3.05, 3.63) is 24.3 Å². The molecule has 24 heavy (non-hydrogen) atoms. The second kappa shape index (κ2) is 7.63. The number of carbonyl (C=O) groups excluding carboxylic acids is 2. The zero-order valence-corrected chi connectivity index (χ0v) is 13.9. The van der Waals surface area contributed by atoms with Crippen LogP contribution in [-0.4, -0.2) is 81.2 Å². The highest BCUT2D eigenvalue weighted by molar-refractivity contribution is 5.98. The average molecular weight is 333 g/mol. The van der Waals surface area contributed by atoms with Crippen LogP contribution in [0.4, 0.5) is 5.69 Å². The zero-order chi connectivity index (χ0) is 16.9. The number of morpholine rings is 1. The van der Waals surface area contributed by atoms with Gasteiger partial charge >= 0.3 is 0 Å². The van der Waals surface area contributed by atoms with Gasteiger partial charge in [0.15, 0.2) is 0 Å². The quantitative estimate of drug-likeness (QED) is 0.788.